The molecule has 0 bridgehead atoms. The van der Waals surface area contributed by atoms with E-state index < -0.39 is 5.79 Å². The van der Waals surface area contributed by atoms with E-state index in [2.05, 4.69) is 6.58 Å². The maximum absolute atomic E-state index is 10.1. The summed E-state index contributed by atoms with van der Waals surface area (Å²) in [7, 11) is 0. The van der Waals surface area contributed by atoms with Gasteiger partial charge < -0.3 is 14.3 Å². The van der Waals surface area contributed by atoms with Crippen molar-refractivity contribution >= 4 is 6.29 Å². The van der Waals surface area contributed by atoms with Crippen molar-refractivity contribution in [3.8, 4) is 0 Å². The van der Waals surface area contributed by atoms with Crippen LogP contribution in [0.25, 0.3) is 0 Å². The van der Waals surface area contributed by atoms with Gasteiger partial charge in [-0.1, -0.05) is 18.2 Å². The summed E-state index contributed by atoms with van der Waals surface area (Å²) in [6.07, 6.45) is 7.62. The zero-order chi connectivity index (χ0) is 11.3. The van der Waals surface area contributed by atoms with Crippen LogP contribution in [0.2, 0.25) is 0 Å². The molecule has 0 radical (unpaired) electrons. The van der Waals surface area contributed by atoms with Crippen LogP contribution in [0.3, 0.4) is 0 Å². The molecule has 0 aromatic carbocycles. The largest absolute Gasteiger partial charge is 0.340 e. The Morgan fingerprint density at radius 3 is 2.53 bits per heavy atom. The maximum atomic E-state index is 10.1. The molecule has 0 amide bonds. The van der Waals surface area contributed by atoms with Crippen LogP contribution in [0, 0.1) is 0 Å². The van der Waals surface area contributed by atoms with E-state index >= 15 is 0 Å². The monoisotopic (exact) mass is 210 g/mol. The minimum Gasteiger partial charge on any atom is -0.340 e. The number of rotatable bonds is 5. The fourth-order valence-electron chi connectivity index (χ4n) is 1.54. The first kappa shape index (κ1) is 12.1. The standard InChI is InChI=1S/C12H18O3/c1-4-10-11(8-6-5-7-9-13)15-12(2,3)14-10/h4,6,8-11H,1,5,7H2,2-3H3/b8-6+/t10-,11-/m1/s1. The van der Waals surface area contributed by atoms with E-state index in [-0.39, 0.29) is 12.2 Å². The minimum atomic E-state index is -0.557. The van der Waals surface area contributed by atoms with Gasteiger partial charge in [0.1, 0.15) is 18.5 Å². The van der Waals surface area contributed by atoms with Gasteiger partial charge in [-0.25, -0.2) is 0 Å². The number of hydrogen-bond acceptors (Lipinski definition) is 3. The third kappa shape index (κ3) is 3.61. The zero-order valence-electron chi connectivity index (χ0n) is 9.31. The van der Waals surface area contributed by atoms with Gasteiger partial charge in [0.15, 0.2) is 5.79 Å². The molecule has 0 aromatic heterocycles. The molecule has 0 unspecified atom stereocenters. The molecule has 3 heteroatoms. The fraction of sp³-hybridized carbons (Fsp3) is 0.583. The van der Waals surface area contributed by atoms with Crippen molar-refractivity contribution in [2.45, 2.75) is 44.7 Å². The van der Waals surface area contributed by atoms with Crippen LogP contribution in [0.5, 0.6) is 0 Å². The van der Waals surface area contributed by atoms with E-state index in [1.54, 1.807) is 6.08 Å². The summed E-state index contributed by atoms with van der Waals surface area (Å²) in [4.78, 5) is 10.1. The highest BCUT2D eigenvalue weighted by Gasteiger charge is 2.37. The predicted molar refractivity (Wildman–Crippen MR) is 58.5 cm³/mol. The van der Waals surface area contributed by atoms with Gasteiger partial charge in [-0.15, -0.1) is 6.58 Å². The van der Waals surface area contributed by atoms with Crippen LogP contribution in [0.4, 0.5) is 0 Å². The Morgan fingerprint density at radius 2 is 1.93 bits per heavy atom. The summed E-state index contributed by atoms with van der Waals surface area (Å²) < 4.78 is 11.3. The lowest BCUT2D eigenvalue weighted by atomic mass is 10.2. The summed E-state index contributed by atoms with van der Waals surface area (Å²) >= 11 is 0. The van der Waals surface area contributed by atoms with Gasteiger partial charge in [-0.3, -0.25) is 0 Å². The Balaban J connectivity index is 2.49. The molecule has 3 nitrogen and oxygen atoms in total. The predicted octanol–water partition coefficient (Wildman–Crippen LogP) is 2.23. The summed E-state index contributed by atoms with van der Waals surface area (Å²) in [5.74, 6) is -0.557. The molecule has 0 aliphatic carbocycles. The van der Waals surface area contributed by atoms with E-state index in [1.807, 2.05) is 26.0 Å². The van der Waals surface area contributed by atoms with Crippen LogP contribution >= 0.6 is 0 Å². The number of unbranched alkanes of at least 4 members (excludes halogenated alkanes) is 1. The molecule has 0 aromatic rings. The third-order valence-electron chi connectivity index (χ3n) is 2.17. The van der Waals surface area contributed by atoms with E-state index in [4.69, 9.17) is 9.47 Å². The van der Waals surface area contributed by atoms with E-state index in [0.717, 1.165) is 12.7 Å². The number of carbonyl (C=O) groups is 1. The van der Waals surface area contributed by atoms with Crippen molar-refractivity contribution < 1.29 is 14.3 Å². The topological polar surface area (TPSA) is 35.5 Å². The average Bonchev–Trinajstić information content (AvgIpc) is 2.48. The number of allylic oxidation sites excluding steroid dienone is 1. The first-order valence-electron chi connectivity index (χ1n) is 5.17. The number of ether oxygens (including phenoxy) is 2. The van der Waals surface area contributed by atoms with Crippen molar-refractivity contribution in [3.63, 3.8) is 0 Å². The Labute approximate surface area is 90.8 Å². The highest BCUT2D eigenvalue weighted by molar-refractivity contribution is 5.49. The summed E-state index contributed by atoms with van der Waals surface area (Å²) in [6.45, 7) is 7.46. The van der Waals surface area contributed by atoms with Gasteiger partial charge in [0, 0.05) is 6.42 Å². The second-order valence-electron chi connectivity index (χ2n) is 3.97. The zero-order valence-corrected chi connectivity index (χ0v) is 9.31. The fourth-order valence-corrected chi connectivity index (χ4v) is 1.54. The summed E-state index contributed by atoms with van der Waals surface area (Å²) in [5.41, 5.74) is 0. The van der Waals surface area contributed by atoms with Gasteiger partial charge in [-0.05, 0) is 20.3 Å². The van der Waals surface area contributed by atoms with Gasteiger partial charge >= 0.3 is 0 Å². The number of aldehydes is 1. The van der Waals surface area contributed by atoms with Crippen LogP contribution < -0.4 is 0 Å². The van der Waals surface area contributed by atoms with Crippen molar-refractivity contribution in [3.05, 3.63) is 24.8 Å². The Morgan fingerprint density at radius 1 is 1.27 bits per heavy atom. The van der Waals surface area contributed by atoms with Crippen molar-refractivity contribution in [1.29, 1.82) is 0 Å². The molecular formula is C12H18O3. The number of carbonyl (C=O) groups excluding carboxylic acids is 1. The average molecular weight is 210 g/mol. The molecule has 15 heavy (non-hydrogen) atoms. The van der Waals surface area contributed by atoms with Gasteiger partial charge in [0.2, 0.25) is 0 Å². The highest BCUT2D eigenvalue weighted by Crippen LogP contribution is 2.29. The van der Waals surface area contributed by atoms with Crippen molar-refractivity contribution in [1.82, 2.24) is 0 Å². The van der Waals surface area contributed by atoms with E-state index in [9.17, 15) is 4.79 Å². The number of hydrogen-bond donors (Lipinski definition) is 0. The molecule has 1 aliphatic heterocycles. The SMILES string of the molecule is C=C[C@H]1OC(C)(C)O[C@@H]1/C=C/CCC=O. The molecule has 1 fully saturated rings. The Kier molecular flexibility index (Phi) is 4.24. The quantitative estimate of drug-likeness (QED) is 0.396. The molecule has 0 N–H and O–H groups in total. The molecular weight excluding hydrogens is 192 g/mol. The smallest absolute Gasteiger partial charge is 0.164 e. The van der Waals surface area contributed by atoms with Crippen LogP contribution in [-0.2, 0) is 14.3 Å². The molecule has 84 valence electrons. The lowest BCUT2D eigenvalue weighted by Gasteiger charge is -2.15. The summed E-state index contributed by atoms with van der Waals surface area (Å²) in [5, 5.41) is 0. The molecule has 1 heterocycles. The van der Waals surface area contributed by atoms with E-state index in [0.29, 0.717) is 6.42 Å². The second-order valence-corrected chi connectivity index (χ2v) is 3.97. The van der Waals surface area contributed by atoms with Gasteiger partial charge in [-0.2, -0.15) is 0 Å². The van der Waals surface area contributed by atoms with Gasteiger partial charge in [0.05, 0.1) is 0 Å². The maximum Gasteiger partial charge on any atom is 0.164 e. The second kappa shape index (κ2) is 5.24. The first-order chi connectivity index (χ1) is 7.09. The Hall–Kier alpha value is -0.930. The Bertz CT molecular complexity index is 256. The lowest BCUT2D eigenvalue weighted by molar-refractivity contribution is -0.139. The van der Waals surface area contributed by atoms with Crippen LogP contribution in [-0.4, -0.2) is 24.3 Å². The van der Waals surface area contributed by atoms with E-state index in [1.165, 1.54) is 0 Å². The normalized spacial score (nSPS) is 29.5. The molecule has 1 aliphatic rings. The van der Waals surface area contributed by atoms with Crippen molar-refractivity contribution in [2.24, 2.45) is 0 Å². The minimum absolute atomic E-state index is 0.0934. The lowest BCUT2D eigenvalue weighted by Crippen LogP contribution is -2.20. The van der Waals surface area contributed by atoms with Crippen molar-refractivity contribution in [2.75, 3.05) is 0 Å². The van der Waals surface area contributed by atoms with Gasteiger partial charge in [0.25, 0.3) is 0 Å². The van der Waals surface area contributed by atoms with Crippen LogP contribution in [0.1, 0.15) is 26.7 Å². The molecule has 1 saturated heterocycles. The summed E-state index contributed by atoms with van der Waals surface area (Å²) in [6, 6.07) is 0. The third-order valence-corrected chi connectivity index (χ3v) is 2.17. The molecule has 1 rings (SSSR count). The molecule has 2 atom stereocenters. The molecule has 0 saturated carbocycles. The molecule has 0 spiro atoms. The highest BCUT2D eigenvalue weighted by atomic mass is 16.7. The van der Waals surface area contributed by atoms with Crippen LogP contribution in [0.15, 0.2) is 24.8 Å². The first-order valence-corrected chi connectivity index (χ1v) is 5.17.